The number of unbranched alkanes of at least 4 members (excludes halogenated alkanes) is 1. The van der Waals surface area contributed by atoms with Crippen molar-refractivity contribution in [2.45, 2.75) is 72.3 Å². The summed E-state index contributed by atoms with van der Waals surface area (Å²) in [4.78, 5) is 11.9. The number of amides is 1. The van der Waals surface area contributed by atoms with E-state index in [0.29, 0.717) is 6.04 Å². The van der Waals surface area contributed by atoms with Gasteiger partial charge in [0, 0.05) is 6.04 Å². The minimum atomic E-state index is 0.180. The Kier molecular flexibility index (Phi) is 8.44. The minimum absolute atomic E-state index is 0.180. The Labute approximate surface area is 94.8 Å². The average Bonchev–Trinajstić information content (AvgIpc) is 2.23. The smallest absolute Gasteiger partial charge is 0.227 e. The summed E-state index contributed by atoms with van der Waals surface area (Å²) in [5.41, 5.74) is 0. The van der Waals surface area contributed by atoms with Crippen LogP contribution in [0.25, 0.3) is 0 Å². The third kappa shape index (κ3) is 6.53. The van der Waals surface area contributed by atoms with Crippen LogP contribution in [-0.4, -0.2) is 11.9 Å². The van der Waals surface area contributed by atoms with E-state index in [0.717, 1.165) is 44.4 Å². The SMILES string of the molecule is CCCC[C](CCC)C(=O)NC(C)CC. The molecule has 15 heavy (non-hydrogen) atoms. The van der Waals surface area contributed by atoms with Gasteiger partial charge in [0.25, 0.3) is 0 Å². The van der Waals surface area contributed by atoms with Crippen LogP contribution in [0.1, 0.15) is 66.2 Å². The second-order valence-electron chi connectivity index (χ2n) is 4.24. The van der Waals surface area contributed by atoms with Crippen molar-refractivity contribution in [2.24, 2.45) is 0 Å². The Morgan fingerprint density at radius 3 is 2.27 bits per heavy atom. The molecule has 0 aromatic carbocycles. The van der Waals surface area contributed by atoms with E-state index >= 15 is 0 Å². The van der Waals surface area contributed by atoms with Gasteiger partial charge in [-0.05, 0) is 26.2 Å². The fraction of sp³-hybridized carbons (Fsp3) is 0.846. The molecule has 0 fully saturated rings. The minimum Gasteiger partial charge on any atom is -0.353 e. The Morgan fingerprint density at radius 1 is 1.13 bits per heavy atom. The molecule has 0 spiro atoms. The number of nitrogens with one attached hydrogen (secondary N) is 1. The maximum Gasteiger partial charge on any atom is 0.227 e. The van der Waals surface area contributed by atoms with Crippen molar-refractivity contribution in [1.29, 1.82) is 0 Å². The van der Waals surface area contributed by atoms with Gasteiger partial charge in [-0.1, -0.05) is 40.0 Å². The second kappa shape index (κ2) is 8.75. The molecule has 1 amide bonds. The van der Waals surface area contributed by atoms with Crippen molar-refractivity contribution in [1.82, 2.24) is 5.32 Å². The van der Waals surface area contributed by atoms with Crippen molar-refractivity contribution in [3.63, 3.8) is 0 Å². The van der Waals surface area contributed by atoms with Crippen LogP contribution >= 0.6 is 0 Å². The largest absolute Gasteiger partial charge is 0.353 e. The van der Waals surface area contributed by atoms with Crippen LogP contribution in [0, 0.1) is 5.92 Å². The monoisotopic (exact) mass is 212 g/mol. The number of rotatable bonds is 8. The third-order valence-electron chi connectivity index (χ3n) is 2.69. The molecule has 0 aromatic rings. The van der Waals surface area contributed by atoms with Gasteiger partial charge in [0.05, 0.1) is 5.92 Å². The molecular formula is C13H26NO. The fourth-order valence-electron chi connectivity index (χ4n) is 1.47. The molecule has 1 unspecified atom stereocenters. The van der Waals surface area contributed by atoms with Gasteiger partial charge in [0.15, 0.2) is 0 Å². The first-order valence-corrected chi connectivity index (χ1v) is 6.31. The van der Waals surface area contributed by atoms with Gasteiger partial charge < -0.3 is 5.32 Å². The second-order valence-corrected chi connectivity index (χ2v) is 4.24. The van der Waals surface area contributed by atoms with Crippen LogP contribution in [0.5, 0.6) is 0 Å². The first-order valence-electron chi connectivity index (χ1n) is 6.31. The maximum absolute atomic E-state index is 11.9. The lowest BCUT2D eigenvalue weighted by molar-refractivity contribution is -0.120. The predicted molar refractivity (Wildman–Crippen MR) is 65.6 cm³/mol. The molecule has 2 nitrogen and oxygen atoms in total. The normalized spacial score (nSPS) is 12.9. The van der Waals surface area contributed by atoms with Crippen LogP contribution < -0.4 is 5.32 Å². The van der Waals surface area contributed by atoms with Gasteiger partial charge >= 0.3 is 0 Å². The van der Waals surface area contributed by atoms with Crippen molar-refractivity contribution in [3.8, 4) is 0 Å². The van der Waals surface area contributed by atoms with Crippen LogP contribution in [0.4, 0.5) is 0 Å². The lowest BCUT2D eigenvalue weighted by Crippen LogP contribution is -2.36. The third-order valence-corrected chi connectivity index (χ3v) is 2.69. The lowest BCUT2D eigenvalue weighted by Gasteiger charge is -2.18. The van der Waals surface area contributed by atoms with Crippen LogP contribution in [0.2, 0.25) is 0 Å². The molecule has 0 aliphatic heterocycles. The number of hydrogen-bond donors (Lipinski definition) is 1. The van der Waals surface area contributed by atoms with Gasteiger partial charge in [-0.25, -0.2) is 0 Å². The van der Waals surface area contributed by atoms with Crippen molar-refractivity contribution in [3.05, 3.63) is 5.92 Å². The van der Waals surface area contributed by atoms with Gasteiger partial charge in [-0.15, -0.1) is 0 Å². The molecule has 0 aliphatic rings. The zero-order chi connectivity index (χ0) is 11.7. The van der Waals surface area contributed by atoms with Gasteiger partial charge in [-0.3, -0.25) is 4.79 Å². The number of carbonyl (C=O) groups is 1. The summed E-state index contributed by atoms with van der Waals surface area (Å²) in [6.07, 6.45) is 6.26. The van der Waals surface area contributed by atoms with Crippen LogP contribution in [0.15, 0.2) is 0 Å². The maximum atomic E-state index is 11.9. The fourth-order valence-corrected chi connectivity index (χ4v) is 1.47. The molecule has 0 bridgehead atoms. The van der Waals surface area contributed by atoms with Gasteiger partial charge in [0.1, 0.15) is 0 Å². The summed E-state index contributed by atoms with van der Waals surface area (Å²) in [6, 6.07) is 0.297. The molecule has 0 saturated heterocycles. The standard InChI is InChI=1S/C13H26NO/c1-5-8-10-12(9-6-2)13(15)14-11(4)7-3/h11H,5-10H2,1-4H3,(H,14,15). The van der Waals surface area contributed by atoms with E-state index in [2.05, 4.69) is 33.0 Å². The summed E-state index contributed by atoms with van der Waals surface area (Å²) in [5.74, 6) is 1.26. The van der Waals surface area contributed by atoms with E-state index in [9.17, 15) is 4.79 Å². The molecule has 0 aliphatic carbocycles. The van der Waals surface area contributed by atoms with E-state index < -0.39 is 0 Å². The first kappa shape index (κ1) is 14.5. The first-order chi connectivity index (χ1) is 7.15. The molecule has 0 heterocycles. The summed E-state index contributed by atoms with van der Waals surface area (Å²) < 4.78 is 0. The van der Waals surface area contributed by atoms with Gasteiger partial charge in [-0.2, -0.15) is 0 Å². The van der Waals surface area contributed by atoms with E-state index in [1.165, 1.54) is 0 Å². The molecule has 0 aromatic heterocycles. The van der Waals surface area contributed by atoms with E-state index in [1.54, 1.807) is 0 Å². The Bertz CT molecular complexity index is 168. The molecule has 0 saturated carbocycles. The molecule has 1 radical (unpaired) electrons. The zero-order valence-corrected chi connectivity index (χ0v) is 10.7. The molecule has 0 rings (SSSR count). The highest BCUT2D eigenvalue weighted by Gasteiger charge is 2.18. The number of hydrogen-bond acceptors (Lipinski definition) is 1. The van der Waals surface area contributed by atoms with E-state index in [4.69, 9.17) is 0 Å². The highest BCUT2D eigenvalue weighted by atomic mass is 16.1. The van der Waals surface area contributed by atoms with Crippen LogP contribution in [0.3, 0.4) is 0 Å². The van der Waals surface area contributed by atoms with E-state index in [1.807, 2.05) is 0 Å². The molecule has 1 N–H and O–H groups in total. The molecule has 89 valence electrons. The summed E-state index contributed by atoms with van der Waals surface area (Å²) in [5, 5.41) is 3.05. The summed E-state index contributed by atoms with van der Waals surface area (Å²) in [6.45, 7) is 8.44. The van der Waals surface area contributed by atoms with E-state index in [-0.39, 0.29) is 5.91 Å². The van der Waals surface area contributed by atoms with Crippen molar-refractivity contribution in [2.75, 3.05) is 0 Å². The van der Waals surface area contributed by atoms with Crippen LogP contribution in [-0.2, 0) is 4.79 Å². The van der Waals surface area contributed by atoms with Gasteiger partial charge in [0.2, 0.25) is 5.91 Å². The highest BCUT2D eigenvalue weighted by Crippen LogP contribution is 2.17. The van der Waals surface area contributed by atoms with Crippen molar-refractivity contribution >= 4 is 5.91 Å². The summed E-state index contributed by atoms with van der Waals surface area (Å²) >= 11 is 0. The predicted octanol–water partition coefficient (Wildman–Crippen LogP) is 3.47. The molecule has 1 atom stereocenters. The highest BCUT2D eigenvalue weighted by molar-refractivity contribution is 5.90. The number of carbonyl (C=O) groups excluding carboxylic acids is 1. The summed E-state index contributed by atoms with van der Waals surface area (Å²) in [7, 11) is 0. The molecular weight excluding hydrogens is 186 g/mol. The quantitative estimate of drug-likeness (QED) is 0.656. The molecule has 2 heteroatoms. The van der Waals surface area contributed by atoms with Crippen molar-refractivity contribution < 1.29 is 4.79 Å². The Morgan fingerprint density at radius 2 is 1.80 bits per heavy atom. The zero-order valence-electron chi connectivity index (χ0n) is 10.7. The Hall–Kier alpha value is -0.530. The lowest BCUT2D eigenvalue weighted by atomic mass is 9.96. The average molecular weight is 212 g/mol. The Balaban J connectivity index is 4.03. The topological polar surface area (TPSA) is 29.1 Å².